The van der Waals surface area contributed by atoms with Gasteiger partial charge in [-0.15, -0.1) is 0 Å². The first-order valence-electron chi connectivity index (χ1n) is 6.74. The van der Waals surface area contributed by atoms with Crippen LogP contribution in [0.5, 0.6) is 5.75 Å². The fraction of sp³-hybridized carbons (Fsp3) is 0.412. The Morgan fingerprint density at radius 3 is 2.42 bits per heavy atom. The molecule has 2 aromatic rings. The summed E-state index contributed by atoms with van der Waals surface area (Å²) in [5, 5.41) is 2.40. The lowest BCUT2D eigenvalue weighted by molar-refractivity contribution is 0.166. The van der Waals surface area contributed by atoms with Gasteiger partial charge in [-0.3, -0.25) is 0 Å². The normalized spacial score (nSPS) is 13.5. The minimum Gasteiger partial charge on any atom is -0.493 e. The van der Waals surface area contributed by atoms with E-state index in [1.165, 1.54) is 10.8 Å². The Bertz CT molecular complexity index is 537. The molecule has 2 rings (SSSR count). The number of rotatable bonds is 4. The molecule has 2 aromatic carbocycles. The van der Waals surface area contributed by atoms with Crippen LogP contribution in [0.1, 0.15) is 20.8 Å². The average molecular weight is 274 g/mol. The first kappa shape index (κ1) is 14.3. The molecule has 2 heteroatoms. The number of hydrogen-bond acceptors (Lipinski definition) is 2. The molecule has 0 N–H and O–H groups in total. The highest BCUT2D eigenvalue weighted by Gasteiger charge is 2.24. The lowest BCUT2D eigenvalue weighted by Gasteiger charge is -2.29. The first-order chi connectivity index (χ1) is 9.02. The zero-order chi connectivity index (χ0) is 13.9. The Kier molecular flexibility index (Phi) is 4.41. The van der Waals surface area contributed by atoms with Crippen molar-refractivity contribution in [3.63, 3.8) is 0 Å². The summed E-state index contributed by atoms with van der Waals surface area (Å²) in [4.78, 5) is 0. The topological polar surface area (TPSA) is 9.23 Å². The van der Waals surface area contributed by atoms with Gasteiger partial charge in [-0.1, -0.05) is 57.2 Å². The molecule has 0 heterocycles. The van der Waals surface area contributed by atoms with Crippen LogP contribution in [0, 0.1) is 11.3 Å². The van der Waals surface area contributed by atoms with Crippen molar-refractivity contribution in [3.8, 4) is 5.75 Å². The van der Waals surface area contributed by atoms with Crippen molar-refractivity contribution in [1.82, 2.24) is 0 Å². The highest BCUT2D eigenvalue weighted by molar-refractivity contribution is 7.80. The molecule has 1 atom stereocenters. The van der Waals surface area contributed by atoms with Gasteiger partial charge in [-0.05, 0) is 22.6 Å². The van der Waals surface area contributed by atoms with Crippen molar-refractivity contribution in [2.75, 3.05) is 12.4 Å². The highest BCUT2D eigenvalue weighted by Crippen LogP contribution is 2.30. The van der Waals surface area contributed by atoms with E-state index in [1.807, 2.05) is 12.1 Å². The summed E-state index contributed by atoms with van der Waals surface area (Å²) >= 11 is 4.45. The summed E-state index contributed by atoms with van der Waals surface area (Å²) < 4.78 is 6.05. The second-order valence-electron chi connectivity index (χ2n) is 6.03. The summed E-state index contributed by atoms with van der Waals surface area (Å²) in [6.07, 6.45) is 0. The van der Waals surface area contributed by atoms with Crippen LogP contribution < -0.4 is 4.74 Å². The summed E-state index contributed by atoms with van der Waals surface area (Å²) in [6.45, 7) is 7.42. The second kappa shape index (κ2) is 5.87. The minimum atomic E-state index is 0.215. The van der Waals surface area contributed by atoms with E-state index >= 15 is 0 Å². The third kappa shape index (κ3) is 3.44. The Balaban J connectivity index is 2.18. The third-order valence-electron chi connectivity index (χ3n) is 3.63. The summed E-state index contributed by atoms with van der Waals surface area (Å²) in [5.41, 5.74) is 0.215. The fourth-order valence-corrected chi connectivity index (χ4v) is 2.74. The quantitative estimate of drug-likeness (QED) is 0.787. The van der Waals surface area contributed by atoms with Gasteiger partial charge in [-0.2, -0.15) is 12.6 Å². The van der Waals surface area contributed by atoms with E-state index in [-0.39, 0.29) is 5.41 Å². The number of hydrogen-bond donors (Lipinski definition) is 1. The maximum atomic E-state index is 6.05. The molecule has 0 aromatic heterocycles. The molecular formula is C17H22OS. The zero-order valence-corrected chi connectivity index (χ0v) is 12.8. The maximum absolute atomic E-state index is 6.05. The number of ether oxygens (including phenoxy) is 1. The Hall–Kier alpha value is -1.15. The molecule has 19 heavy (non-hydrogen) atoms. The molecule has 0 saturated heterocycles. The van der Waals surface area contributed by atoms with Gasteiger partial charge in [0.1, 0.15) is 5.75 Å². The molecule has 102 valence electrons. The molecule has 0 bridgehead atoms. The van der Waals surface area contributed by atoms with E-state index in [2.05, 4.69) is 63.7 Å². The van der Waals surface area contributed by atoms with Gasteiger partial charge < -0.3 is 4.74 Å². The smallest absolute Gasteiger partial charge is 0.127 e. The second-order valence-corrected chi connectivity index (χ2v) is 6.40. The molecule has 0 aliphatic carbocycles. The zero-order valence-electron chi connectivity index (χ0n) is 11.9. The summed E-state index contributed by atoms with van der Waals surface area (Å²) in [7, 11) is 0. The van der Waals surface area contributed by atoms with Gasteiger partial charge in [-0.25, -0.2) is 0 Å². The van der Waals surface area contributed by atoms with Gasteiger partial charge in [0.2, 0.25) is 0 Å². The Morgan fingerprint density at radius 1 is 1.05 bits per heavy atom. The molecule has 0 aliphatic heterocycles. The SMILES string of the molecule is CC(C)(C)C(CS)COc1cccc2ccccc12. The molecule has 1 nitrogen and oxygen atoms in total. The van der Waals surface area contributed by atoms with E-state index in [4.69, 9.17) is 4.74 Å². The van der Waals surface area contributed by atoms with E-state index < -0.39 is 0 Å². The Morgan fingerprint density at radius 2 is 1.74 bits per heavy atom. The van der Waals surface area contributed by atoms with Gasteiger partial charge >= 0.3 is 0 Å². The van der Waals surface area contributed by atoms with E-state index in [9.17, 15) is 0 Å². The molecule has 0 fully saturated rings. The lowest BCUT2D eigenvalue weighted by atomic mass is 9.82. The van der Waals surface area contributed by atoms with Crippen molar-refractivity contribution < 1.29 is 4.74 Å². The van der Waals surface area contributed by atoms with Crippen LogP contribution in [0.2, 0.25) is 0 Å². The molecule has 0 saturated carbocycles. The van der Waals surface area contributed by atoms with Crippen LogP contribution in [0.3, 0.4) is 0 Å². The predicted octanol–water partition coefficient (Wildman–Crippen LogP) is 4.81. The molecular weight excluding hydrogens is 252 g/mol. The fourth-order valence-electron chi connectivity index (χ4n) is 2.09. The van der Waals surface area contributed by atoms with E-state index in [0.717, 1.165) is 11.5 Å². The number of thiol groups is 1. The van der Waals surface area contributed by atoms with E-state index in [0.29, 0.717) is 12.5 Å². The highest BCUT2D eigenvalue weighted by atomic mass is 32.1. The van der Waals surface area contributed by atoms with Gasteiger partial charge in [0, 0.05) is 11.3 Å². The first-order valence-corrected chi connectivity index (χ1v) is 7.37. The number of benzene rings is 2. The van der Waals surface area contributed by atoms with Gasteiger partial charge in [0.05, 0.1) is 6.61 Å². The minimum absolute atomic E-state index is 0.215. The molecule has 0 spiro atoms. The lowest BCUT2D eigenvalue weighted by Crippen LogP contribution is -2.28. The van der Waals surface area contributed by atoms with Crippen LogP contribution in [-0.2, 0) is 0 Å². The number of fused-ring (bicyclic) bond motifs is 1. The predicted molar refractivity (Wildman–Crippen MR) is 86.2 cm³/mol. The van der Waals surface area contributed by atoms with Crippen molar-refractivity contribution in [2.24, 2.45) is 11.3 Å². The van der Waals surface area contributed by atoms with Crippen molar-refractivity contribution in [2.45, 2.75) is 20.8 Å². The van der Waals surface area contributed by atoms with Crippen molar-refractivity contribution >= 4 is 23.4 Å². The van der Waals surface area contributed by atoms with Gasteiger partial charge in [0.25, 0.3) is 0 Å². The van der Waals surface area contributed by atoms with Crippen LogP contribution in [0.25, 0.3) is 10.8 Å². The Labute approximate surface area is 121 Å². The van der Waals surface area contributed by atoms with E-state index in [1.54, 1.807) is 0 Å². The standard InChI is InChI=1S/C17H22OS/c1-17(2,3)14(12-19)11-18-16-10-6-8-13-7-4-5-9-15(13)16/h4-10,14,19H,11-12H2,1-3H3. The van der Waals surface area contributed by atoms with Crippen LogP contribution in [0.4, 0.5) is 0 Å². The monoisotopic (exact) mass is 274 g/mol. The van der Waals surface area contributed by atoms with Crippen LogP contribution in [0.15, 0.2) is 42.5 Å². The van der Waals surface area contributed by atoms with Crippen LogP contribution >= 0.6 is 12.6 Å². The average Bonchev–Trinajstić information content (AvgIpc) is 2.38. The largest absolute Gasteiger partial charge is 0.493 e. The summed E-state index contributed by atoms with van der Waals surface area (Å²) in [5.74, 6) is 2.25. The molecule has 1 unspecified atom stereocenters. The van der Waals surface area contributed by atoms with Crippen LogP contribution in [-0.4, -0.2) is 12.4 Å². The molecule has 0 radical (unpaired) electrons. The molecule has 0 amide bonds. The maximum Gasteiger partial charge on any atom is 0.127 e. The third-order valence-corrected chi connectivity index (χ3v) is 4.08. The van der Waals surface area contributed by atoms with Crippen molar-refractivity contribution in [3.05, 3.63) is 42.5 Å². The van der Waals surface area contributed by atoms with Crippen molar-refractivity contribution in [1.29, 1.82) is 0 Å². The van der Waals surface area contributed by atoms with Gasteiger partial charge in [0.15, 0.2) is 0 Å². The summed E-state index contributed by atoms with van der Waals surface area (Å²) in [6, 6.07) is 14.5. The molecule has 0 aliphatic rings.